The van der Waals surface area contributed by atoms with Gasteiger partial charge in [-0.05, 0) is 44.0 Å². The quantitative estimate of drug-likeness (QED) is 0.551. The summed E-state index contributed by atoms with van der Waals surface area (Å²) >= 11 is 5.51. The molecule has 0 saturated carbocycles. The molecule has 68 valence electrons. The van der Waals surface area contributed by atoms with Gasteiger partial charge in [0.15, 0.2) is 0 Å². The first-order chi connectivity index (χ1) is 6.22. The molecule has 2 aromatic rings. The number of aromatic nitrogens is 2. The van der Waals surface area contributed by atoms with Crippen LogP contribution in [0.1, 0.15) is 0 Å². The lowest BCUT2D eigenvalue weighted by atomic mass is 10.2. The molecule has 0 saturated heterocycles. The van der Waals surface area contributed by atoms with E-state index in [2.05, 4.69) is 43.1 Å². The van der Waals surface area contributed by atoms with E-state index in [1.165, 1.54) is 12.1 Å². The van der Waals surface area contributed by atoms with Gasteiger partial charge in [0.05, 0.1) is 18.1 Å². The summed E-state index contributed by atoms with van der Waals surface area (Å²) in [4.78, 5) is 0. The van der Waals surface area contributed by atoms with Gasteiger partial charge in [-0.15, -0.1) is 0 Å². The molecule has 1 heterocycles. The molecule has 0 spiro atoms. The number of benzene rings is 1. The lowest BCUT2D eigenvalue weighted by molar-refractivity contribution is 0.628. The van der Waals surface area contributed by atoms with E-state index in [4.69, 9.17) is 0 Å². The van der Waals surface area contributed by atoms with Crippen LogP contribution in [0.5, 0.6) is 0 Å². The van der Waals surface area contributed by atoms with Crippen LogP contribution in [0.2, 0.25) is 0 Å². The third-order valence-corrected chi connectivity index (χ3v) is 4.23. The Hall–Kier alpha value is 0.260. The van der Waals surface area contributed by atoms with Crippen molar-refractivity contribution in [1.82, 2.24) is 9.55 Å². The van der Waals surface area contributed by atoms with Crippen LogP contribution in [-0.2, 0) is 0 Å². The van der Waals surface area contributed by atoms with E-state index in [-0.39, 0.29) is 5.82 Å². The highest BCUT2D eigenvalue weighted by atomic mass is 127. The molecule has 0 bridgehead atoms. The maximum absolute atomic E-state index is 13.0. The van der Waals surface area contributed by atoms with Crippen molar-refractivity contribution in [2.75, 3.05) is 0 Å². The Morgan fingerprint density at radius 2 is 2.31 bits per heavy atom. The second-order valence-corrected chi connectivity index (χ2v) is 5.36. The summed E-state index contributed by atoms with van der Waals surface area (Å²) in [6.45, 7) is 0. The Labute approximate surface area is 97.3 Å². The summed E-state index contributed by atoms with van der Waals surface area (Å²) in [5.74, 6) is -0.240. The molecule has 1 aromatic carbocycles. The first kappa shape index (κ1) is 9.80. The van der Waals surface area contributed by atoms with Crippen molar-refractivity contribution >= 4 is 55.2 Å². The fourth-order valence-electron chi connectivity index (χ4n) is 1.12. The average Bonchev–Trinajstić information content (AvgIpc) is 2.47. The van der Waals surface area contributed by atoms with Gasteiger partial charge in [-0.3, -0.25) is 0 Å². The summed E-state index contributed by atoms with van der Waals surface area (Å²) in [6.07, 6.45) is 2.23. The molecule has 6 heteroatoms. The van der Waals surface area contributed by atoms with E-state index in [0.717, 1.165) is 15.4 Å². The third kappa shape index (κ3) is 1.74. The number of halogens is 3. The van der Waals surface area contributed by atoms with E-state index in [0.29, 0.717) is 6.37 Å². The number of nitrogens with zero attached hydrogens (tertiary/aromatic N) is 2. The van der Waals surface area contributed by atoms with Crippen molar-refractivity contribution in [3.8, 4) is 0 Å². The van der Waals surface area contributed by atoms with E-state index < -0.39 is 0 Å². The zero-order valence-corrected chi connectivity index (χ0v) is 11.0. The minimum Gasteiger partial charge on any atom is -0.237 e. The molecule has 0 fully saturated rings. The van der Waals surface area contributed by atoms with Crippen molar-refractivity contribution in [3.05, 3.63) is 28.6 Å². The van der Waals surface area contributed by atoms with Gasteiger partial charge < -0.3 is 0 Å². The number of rotatable bonds is 1. The van der Waals surface area contributed by atoms with Crippen LogP contribution in [0.3, 0.4) is 0 Å². The van der Waals surface area contributed by atoms with E-state index in [9.17, 15) is 4.39 Å². The highest BCUT2D eigenvalue weighted by Crippen LogP contribution is 2.32. The lowest BCUT2D eigenvalue weighted by Crippen LogP contribution is -1.83. The molecule has 13 heavy (non-hydrogen) atoms. The van der Waals surface area contributed by atoms with Gasteiger partial charge in [0.1, 0.15) is 5.82 Å². The monoisotopic (exact) mass is 372 g/mol. The first-order valence-corrected chi connectivity index (χ1v) is 8.27. The Morgan fingerprint density at radius 3 is 3.00 bits per heavy atom. The molecular weight excluding hydrogens is 369 g/mol. The van der Waals surface area contributed by atoms with Gasteiger partial charge >= 0.3 is 0 Å². The van der Waals surface area contributed by atoms with Crippen LogP contribution in [0, 0.1) is 5.82 Å². The second kappa shape index (κ2) is 3.79. The van der Waals surface area contributed by atoms with Gasteiger partial charge in [0, 0.05) is 15.9 Å². The molecule has 0 aliphatic heterocycles. The Kier molecular flexibility index (Phi) is 2.86. The highest BCUT2D eigenvalue weighted by molar-refractivity contribution is 14.2. The summed E-state index contributed by atoms with van der Waals surface area (Å²) in [7, 11) is 0. The van der Waals surface area contributed by atoms with Crippen LogP contribution >= 0.6 is 44.3 Å². The molecule has 2 nitrogen and oxygen atoms in total. The zero-order valence-electron chi connectivity index (χ0n) is 6.26. The predicted molar refractivity (Wildman–Crippen MR) is 65.1 cm³/mol. The zero-order chi connectivity index (χ0) is 9.42. The molecule has 0 aliphatic carbocycles. The molecule has 0 radical (unpaired) electrons. The Balaban J connectivity index is 2.82. The SMILES string of the molecule is Fc1cc(Br)c2cnn(PI)c2c1. The van der Waals surface area contributed by atoms with Gasteiger partial charge in [0.25, 0.3) is 0 Å². The fraction of sp³-hybridized carbons (Fsp3) is 0. The molecule has 0 N–H and O–H groups in total. The standard InChI is InChI=1S/C7H4BrFIN2P/c8-6-1-4(9)2-7-5(6)3-11-12(7)13-10/h1-3,13H. The molecule has 0 amide bonds. The predicted octanol–water partition coefficient (Wildman–Crippen LogP) is 3.73. The summed E-state index contributed by atoms with van der Waals surface area (Å²) in [5.41, 5.74) is 0.833. The second-order valence-electron chi connectivity index (χ2n) is 2.46. The van der Waals surface area contributed by atoms with Gasteiger partial charge in [-0.2, -0.15) is 5.10 Å². The van der Waals surface area contributed by atoms with Crippen molar-refractivity contribution in [2.45, 2.75) is 0 Å². The van der Waals surface area contributed by atoms with Crippen molar-refractivity contribution in [3.63, 3.8) is 0 Å². The minimum absolute atomic E-state index is 0.240. The van der Waals surface area contributed by atoms with Gasteiger partial charge in [-0.25, -0.2) is 8.84 Å². The smallest absolute Gasteiger partial charge is 0.126 e. The van der Waals surface area contributed by atoms with E-state index in [1.54, 1.807) is 10.6 Å². The minimum atomic E-state index is -0.240. The molecular formula is C7H4BrFIN2P. The maximum atomic E-state index is 13.0. The van der Waals surface area contributed by atoms with E-state index in [1.807, 2.05) is 0 Å². The summed E-state index contributed by atoms with van der Waals surface area (Å²) < 4.78 is 15.6. The summed E-state index contributed by atoms with van der Waals surface area (Å²) in [5, 5.41) is 5.09. The topological polar surface area (TPSA) is 17.8 Å². The maximum Gasteiger partial charge on any atom is 0.126 e. The van der Waals surface area contributed by atoms with Crippen LogP contribution < -0.4 is 0 Å². The largest absolute Gasteiger partial charge is 0.237 e. The van der Waals surface area contributed by atoms with Crippen molar-refractivity contribution in [2.24, 2.45) is 0 Å². The normalized spacial score (nSPS) is 11.9. The van der Waals surface area contributed by atoms with Crippen LogP contribution in [0.4, 0.5) is 4.39 Å². The molecule has 2 rings (SSSR count). The van der Waals surface area contributed by atoms with Crippen molar-refractivity contribution in [1.29, 1.82) is 0 Å². The molecule has 1 unspecified atom stereocenters. The average molecular weight is 373 g/mol. The molecule has 0 aliphatic rings. The highest BCUT2D eigenvalue weighted by Gasteiger charge is 2.06. The number of hydrogen-bond acceptors (Lipinski definition) is 1. The van der Waals surface area contributed by atoms with Crippen molar-refractivity contribution < 1.29 is 4.39 Å². The van der Waals surface area contributed by atoms with Crippen LogP contribution in [0.15, 0.2) is 22.8 Å². The fourth-order valence-corrected chi connectivity index (χ4v) is 3.17. The third-order valence-electron chi connectivity index (χ3n) is 1.68. The first-order valence-electron chi connectivity index (χ1n) is 3.42. The van der Waals surface area contributed by atoms with Crippen LogP contribution in [0.25, 0.3) is 10.9 Å². The Morgan fingerprint density at radius 1 is 1.54 bits per heavy atom. The number of hydrogen-bond donors (Lipinski definition) is 0. The van der Waals surface area contributed by atoms with E-state index >= 15 is 0 Å². The Bertz CT molecular complexity index is 459. The van der Waals surface area contributed by atoms with Gasteiger partial charge in [0.2, 0.25) is 0 Å². The van der Waals surface area contributed by atoms with Gasteiger partial charge in [-0.1, -0.05) is 0 Å². The summed E-state index contributed by atoms with van der Waals surface area (Å²) in [6, 6.07) is 2.95. The number of fused-ring (bicyclic) bond motifs is 1. The van der Waals surface area contributed by atoms with Crippen LogP contribution in [-0.4, -0.2) is 9.55 Å². The molecule has 1 aromatic heterocycles. The lowest BCUT2D eigenvalue weighted by Gasteiger charge is -1.98. The molecule has 1 atom stereocenters.